The highest BCUT2D eigenvalue weighted by atomic mass is 16.4. The second kappa shape index (κ2) is 13.5. The number of H-pyrrole nitrogens is 2. The maximum atomic E-state index is 12.8. The van der Waals surface area contributed by atoms with E-state index in [0.717, 1.165) is 44.3 Å². The minimum Gasteiger partial charge on any atom is -0.481 e. The van der Waals surface area contributed by atoms with Crippen molar-refractivity contribution in [3.8, 4) is 0 Å². The van der Waals surface area contributed by atoms with Crippen LogP contribution in [-0.4, -0.2) is 65.1 Å². The summed E-state index contributed by atoms with van der Waals surface area (Å²) in [6, 6.07) is 4.63. The molecule has 3 atom stereocenters. The maximum absolute atomic E-state index is 12.8. The smallest absolute Gasteiger partial charge is 0.338 e. The molecule has 0 radical (unpaired) electrons. The monoisotopic (exact) mass is 667 g/mol. The number of allylic oxidation sites excluding steroid dienone is 1. The highest BCUT2D eigenvalue weighted by molar-refractivity contribution is 6.24. The summed E-state index contributed by atoms with van der Waals surface area (Å²) in [5.41, 5.74) is 8.92. The number of rotatable bonds is 10. The van der Waals surface area contributed by atoms with Gasteiger partial charge in [0.2, 0.25) is 5.91 Å². The molecule has 6 N–H and O–H groups in total. The lowest BCUT2D eigenvalue weighted by Crippen LogP contribution is -2.38. The van der Waals surface area contributed by atoms with E-state index in [9.17, 15) is 34.5 Å². The van der Waals surface area contributed by atoms with E-state index in [4.69, 9.17) is 9.97 Å². The number of aliphatic carboxylic acids is 3. The van der Waals surface area contributed by atoms with Gasteiger partial charge in [0.05, 0.1) is 29.1 Å². The molecule has 0 aromatic carbocycles. The third-order valence-corrected chi connectivity index (χ3v) is 9.70. The molecule has 49 heavy (non-hydrogen) atoms. The lowest BCUT2D eigenvalue weighted by molar-refractivity contribution is -0.141. The average molecular weight is 668 g/mol. The van der Waals surface area contributed by atoms with Crippen LogP contribution in [0.4, 0.5) is 0 Å². The summed E-state index contributed by atoms with van der Waals surface area (Å²) in [7, 11) is 0. The molecule has 5 heterocycles. The largest absolute Gasteiger partial charge is 0.481 e. The highest BCUT2D eigenvalue weighted by Gasteiger charge is 2.35. The molecule has 5 rings (SSSR count). The van der Waals surface area contributed by atoms with Gasteiger partial charge in [-0.3, -0.25) is 19.4 Å². The number of carboxylic acids is 3. The summed E-state index contributed by atoms with van der Waals surface area (Å²) < 4.78 is 0. The zero-order valence-electron chi connectivity index (χ0n) is 28.4. The van der Waals surface area contributed by atoms with Gasteiger partial charge in [0.25, 0.3) is 0 Å². The van der Waals surface area contributed by atoms with Crippen LogP contribution < -0.4 is 5.32 Å². The van der Waals surface area contributed by atoms with Gasteiger partial charge in [-0.25, -0.2) is 9.78 Å². The molecule has 1 amide bonds. The Kier molecular flexibility index (Phi) is 9.62. The van der Waals surface area contributed by atoms with Crippen molar-refractivity contribution in [1.82, 2.24) is 25.3 Å². The van der Waals surface area contributed by atoms with E-state index >= 15 is 0 Å². The fraction of sp³-hybridized carbons (Fsp3) is 0.351. The molecule has 3 aromatic heterocycles. The van der Waals surface area contributed by atoms with E-state index in [1.54, 1.807) is 19.1 Å². The summed E-state index contributed by atoms with van der Waals surface area (Å²) in [6.07, 6.45) is 2.07. The van der Waals surface area contributed by atoms with Crippen molar-refractivity contribution in [2.75, 3.05) is 0 Å². The summed E-state index contributed by atoms with van der Waals surface area (Å²) in [5, 5.41) is 32.3. The first-order chi connectivity index (χ1) is 23.2. The van der Waals surface area contributed by atoms with Crippen molar-refractivity contribution in [3.63, 3.8) is 0 Å². The van der Waals surface area contributed by atoms with Crippen molar-refractivity contribution in [3.05, 3.63) is 75.4 Å². The fourth-order valence-corrected chi connectivity index (χ4v) is 6.91. The molecule has 8 bridgehead atoms. The van der Waals surface area contributed by atoms with Crippen molar-refractivity contribution < 1.29 is 34.5 Å². The third-order valence-electron chi connectivity index (χ3n) is 9.70. The van der Waals surface area contributed by atoms with Gasteiger partial charge in [-0.15, -0.1) is 0 Å². The molecular formula is C37H41N5O7. The molecule has 0 fully saturated rings. The Morgan fingerprint density at radius 2 is 1.63 bits per heavy atom. The zero-order chi connectivity index (χ0) is 35.9. The predicted molar refractivity (Wildman–Crippen MR) is 187 cm³/mol. The molecule has 3 aromatic rings. The first kappa shape index (κ1) is 34.8. The SMILES string of the molecule is C=Cc1c(C)c2cc3nc(c(CC(=O)O)c4nc(cc5[nH]c(cc1[nH]2)c(C)c5CC)C(C)=C4C(=O)O)C(CCC(=O)NC(C)C(=O)O)C3C. The average Bonchev–Trinajstić information content (AvgIpc) is 3.71. The minimum atomic E-state index is -1.25. The van der Waals surface area contributed by atoms with Gasteiger partial charge in [0.15, 0.2) is 0 Å². The number of fused-ring (bicyclic) bond motifs is 8. The lowest BCUT2D eigenvalue weighted by Gasteiger charge is -2.19. The molecule has 0 saturated heterocycles. The molecule has 256 valence electrons. The van der Waals surface area contributed by atoms with Gasteiger partial charge in [0, 0.05) is 57.1 Å². The Labute approximate surface area is 283 Å². The van der Waals surface area contributed by atoms with Crippen LogP contribution in [0.1, 0.15) is 103 Å². The van der Waals surface area contributed by atoms with Crippen LogP contribution in [0.5, 0.6) is 0 Å². The van der Waals surface area contributed by atoms with Gasteiger partial charge in [-0.2, -0.15) is 0 Å². The molecular weight excluding hydrogens is 626 g/mol. The number of nitrogens with zero attached hydrogens (tertiary/aromatic N) is 2. The van der Waals surface area contributed by atoms with Crippen molar-refractivity contribution in [2.45, 2.75) is 85.1 Å². The fourth-order valence-electron chi connectivity index (χ4n) is 6.91. The number of hydrogen-bond acceptors (Lipinski definition) is 6. The Morgan fingerprint density at radius 1 is 0.959 bits per heavy atom. The lowest BCUT2D eigenvalue weighted by atomic mass is 9.84. The van der Waals surface area contributed by atoms with Gasteiger partial charge in [-0.1, -0.05) is 26.5 Å². The van der Waals surface area contributed by atoms with Crippen LogP contribution in [0.25, 0.3) is 39.3 Å². The second-order valence-corrected chi connectivity index (χ2v) is 12.7. The number of amides is 1. The normalized spacial score (nSPS) is 16.4. The molecule has 12 nitrogen and oxygen atoms in total. The first-order valence-corrected chi connectivity index (χ1v) is 16.2. The van der Waals surface area contributed by atoms with Crippen LogP contribution in [0, 0.1) is 13.8 Å². The Bertz CT molecular complexity index is 2120. The Balaban J connectivity index is 1.91. The number of nitrogens with one attached hydrogen (secondary N) is 3. The van der Waals surface area contributed by atoms with E-state index < -0.39 is 42.2 Å². The number of aromatic amines is 2. The van der Waals surface area contributed by atoms with E-state index in [1.807, 2.05) is 39.8 Å². The summed E-state index contributed by atoms with van der Waals surface area (Å²) in [4.78, 5) is 66.1. The molecule has 2 aliphatic rings. The Morgan fingerprint density at radius 3 is 2.24 bits per heavy atom. The predicted octanol–water partition coefficient (Wildman–Crippen LogP) is 6.04. The molecule has 3 unspecified atom stereocenters. The second-order valence-electron chi connectivity index (χ2n) is 12.7. The van der Waals surface area contributed by atoms with Gasteiger partial charge in [0.1, 0.15) is 6.04 Å². The molecule has 0 saturated carbocycles. The number of carboxylic acid groups (broad SMARTS) is 3. The summed E-state index contributed by atoms with van der Waals surface area (Å²) in [6.45, 7) is 15.0. The number of aryl methyl sites for hydroxylation is 3. The number of carbonyl (C=O) groups is 4. The third kappa shape index (κ3) is 6.50. The number of carbonyl (C=O) groups excluding carboxylic acids is 1. The van der Waals surface area contributed by atoms with Crippen molar-refractivity contribution in [1.29, 1.82) is 0 Å². The van der Waals surface area contributed by atoms with Gasteiger partial charge in [-0.05, 0) is 81.0 Å². The minimum absolute atomic E-state index is 0.0206. The van der Waals surface area contributed by atoms with Crippen LogP contribution in [0.15, 0.2) is 24.8 Å². The zero-order valence-corrected chi connectivity index (χ0v) is 28.4. The van der Waals surface area contributed by atoms with Crippen molar-refractivity contribution >= 4 is 63.1 Å². The summed E-state index contributed by atoms with van der Waals surface area (Å²) in [5.74, 6) is -4.92. The van der Waals surface area contributed by atoms with E-state index in [0.29, 0.717) is 29.1 Å². The van der Waals surface area contributed by atoms with Crippen LogP contribution in [-0.2, 0) is 32.0 Å². The molecule has 0 spiro atoms. The molecule has 12 heteroatoms. The van der Waals surface area contributed by atoms with Crippen molar-refractivity contribution in [2.24, 2.45) is 0 Å². The molecule has 2 aliphatic heterocycles. The van der Waals surface area contributed by atoms with E-state index in [-0.39, 0.29) is 35.6 Å². The van der Waals surface area contributed by atoms with Crippen LogP contribution in [0.2, 0.25) is 0 Å². The summed E-state index contributed by atoms with van der Waals surface area (Å²) >= 11 is 0. The van der Waals surface area contributed by atoms with Crippen LogP contribution in [0.3, 0.4) is 0 Å². The maximum Gasteiger partial charge on any atom is 0.338 e. The first-order valence-electron chi connectivity index (χ1n) is 16.2. The van der Waals surface area contributed by atoms with E-state index in [1.165, 1.54) is 6.92 Å². The van der Waals surface area contributed by atoms with Crippen LogP contribution >= 0.6 is 0 Å². The Hall–Kier alpha value is -5.52. The quantitative estimate of drug-likeness (QED) is 0.149. The molecule has 0 aliphatic carbocycles. The number of aromatic nitrogens is 4. The number of hydrogen-bond donors (Lipinski definition) is 6. The van der Waals surface area contributed by atoms with Gasteiger partial charge < -0.3 is 30.6 Å². The standard InChI is InChI=1S/C37H41N5O7/c1-8-21-16(3)25-13-27-18(5)23(10-11-31(43)38-20(7)36(46)47)34(41-27)24(12-32(44)45)35-33(37(48)49)19(6)28(42-35)15-30-22(9-2)17(4)26(40-30)14-29(21)39-25/h8,13-15,18,20,23,39-40H,1,9-12H2,2-7H3,(H,38,43)(H,44,45)(H,46,47)(H,48,49). The topological polar surface area (TPSA) is 198 Å². The highest BCUT2D eigenvalue weighted by Crippen LogP contribution is 2.43. The van der Waals surface area contributed by atoms with E-state index in [2.05, 4.69) is 21.9 Å². The van der Waals surface area contributed by atoms with Gasteiger partial charge >= 0.3 is 17.9 Å².